The molecule has 1 amide bonds. The molecule has 0 unspecified atom stereocenters. The van der Waals surface area contributed by atoms with E-state index in [9.17, 15) is 13.2 Å². The summed E-state index contributed by atoms with van der Waals surface area (Å²) in [5.74, 6) is -0.385. The van der Waals surface area contributed by atoms with Crippen LogP contribution in [-0.2, 0) is 19.3 Å². The molecule has 0 aliphatic carbocycles. The zero-order chi connectivity index (χ0) is 10.8. The molecule has 5 nitrogen and oxygen atoms in total. The first-order chi connectivity index (χ1) is 6.46. The van der Waals surface area contributed by atoms with E-state index in [-0.39, 0.29) is 5.76 Å². The number of allylic oxidation sites excluding steroid dienone is 1. The van der Waals surface area contributed by atoms with Crippen LogP contribution in [0.1, 0.15) is 33.1 Å². The maximum atomic E-state index is 11.3. The van der Waals surface area contributed by atoms with Crippen molar-refractivity contribution in [3.8, 4) is 0 Å². The first-order valence-corrected chi connectivity index (χ1v) is 5.83. The smallest absolute Gasteiger partial charge is 0.371 e. The lowest BCUT2D eigenvalue weighted by molar-refractivity contribution is -0.116. The normalized spacial score (nSPS) is 20.3. The maximum absolute atomic E-state index is 11.3. The summed E-state index contributed by atoms with van der Waals surface area (Å²) in [6, 6.07) is 0. The minimum Gasteiger partial charge on any atom is -0.371 e. The number of rotatable bonds is 3. The van der Waals surface area contributed by atoms with Crippen LogP contribution < -0.4 is 4.72 Å². The SMILES string of the molecule is CCCCC1=C(C)OS(=O)(=O)NC1=O. The molecule has 0 aromatic rings. The molecule has 0 aromatic heterocycles. The Hall–Kier alpha value is -1.04. The summed E-state index contributed by atoms with van der Waals surface area (Å²) in [4.78, 5) is 11.3. The lowest BCUT2D eigenvalue weighted by Crippen LogP contribution is -2.37. The molecular weight excluding hydrogens is 206 g/mol. The van der Waals surface area contributed by atoms with Crippen molar-refractivity contribution < 1.29 is 17.4 Å². The second-order valence-electron chi connectivity index (χ2n) is 3.11. The molecule has 1 heterocycles. The Morgan fingerprint density at radius 2 is 2.07 bits per heavy atom. The fraction of sp³-hybridized carbons (Fsp3) is 0.625. The quantitative estimate of drug-likeness (QED) is 0.763. The maximum Gasteiger partial charge on any atom is 0.409 e. The molecular formula is C8H13NO4S. The summed E-state index contributed by atoms with van der Waals surface area (Å²) in [6.45, 7) is 3.48. The van der Waals surface area contributed by atoms with E-state index in [4.69, 9.17) is 0 Å². The zero-order valence-corrected chi connectivity index (χ0v) is 8.98. The molecule has 80 valence electrons. The van der Waals surface area contributed by atoms with Crippen LogP contribution >= 0.6 is 0 Å². The van der Waals surface area contributed by atoms with Gasteiger partial charge in [0.25, 0.3) is 5.91 Å². The molecule has 1 aliphatic rings. The monoisotopic (exact) mass is 219 g/mol. The van der Waals surface area contributed by atoms with Crippen molar-refractivity contribution in [1.82, 2.24) is 4.72 Å². The van der Waals surface area contributed by atoms with Crippen LogP contribution in [-0.4, -0.2) is 14.3 Å². The average molecular weight is 219 g/mol. The van der Waals surface area contributed by atoms with Gasteiger partial charge in [-0.15, -0.1) is 0 Å². The van der Waals surface area contributed by atoms with Gasteiger partial charge in [0, 0.05) is 0 Å². The first-order valence-electron chi connectivity index (χ1n) is 4.42. The second-order valence-corrected chi connectivity index (χ2v) is 4.39. The van der Waals surface area contributed by atoms with Crippen LogP contribution in [0.4, 0.5) is 0 Å². The van der Waals surface area contributed by atoms with Crippen molar-refractivity contribution in [2.24, 2.45) is 0 Å². The van der Waals surface area contributed by atoms with Gasteiger partial charge in [0.2, 0.25) is 0 Å². The number of carbonyl (C=O) groups is 1. The third-order valence-electron chi connectivity index (χ3n) is 1.93. The van der Waals surface area contributed by atoms with Crippen molar-refractivity contribution in [2.45, 2.75) is 33.1 Å². The Labute approximate surface area is 83.4 Å². The number of carbonyl (C=O) groups excluding carboxylic acids is 1. The number of amides is 1. The molecule has 6 heteroatoms. The predicted octanol–water partition coefficient (Wildman–Crippen LogP) is 0.842. The molecule has 14 heavy (non-hydrogen) atoms. The fourth-order valence-electron chi connectivity index (χ4n) is 1.21. The van der Waals surface area contributed by atoms with E-state index in [0.29, 0.717) is 12.0 Å². The number of hydrogen-bond acceptors (Lipinski definition) is 4. The van der Waals surface area contributed by atoms with Gasteiger partial charge in [-0.1, -0.05) is 13.3 Å². The van der Waals surface area contributed by atoms with E-state index in [1.54, 1.807) is 4.72 Å². The zero-order valence-electron chi connectivity index (χ0n) is 8.16. The van der Waals surface area contributed by atoms with Crippen molar-refractivity contribution in [3.63, 3.8) is 0 Å². The number of nitrogens with one attached hydrogen (secondary N) is 1. The average Bonchev–Trinajstić information content (AvgIpc) is 2.00. The number of hydrogen-bond donors (Lipinski definition) is 1. The molecule has 1 N–H and O–H groups in total. The standard InChI is InChI=1S/C8H13NO4S/c1-3-4-5-7-6(2)13-14(11,12)9-8(7)10/h3-5H2,1-2H3,(H,9,10). The molecule has 0 saturated carbocycles. The minimum absolute atomic E-state index is 0.183. The van der Waals surface area contributed by atoms with Gasteiger partial charge in [0.15, 0.2) is 0 Å². The van der Waals surface area contributed by atoms with Crippen LogP contribution in [0.5, 0.6) is 0 Å². The summed E-state index contributed by atoms with van der Waals surface area (Å²) in [5.41, 5.74) is 0.418. The van der Waals surface area contributed by atoms with E-state index in [1.807, 2.05) is 6.92 Å². The van der Waals surface area contributed by atoms with E-state index in [0.717, 1.165) is 12.8 Å². The van der Waals surface area contributed by atoms with Crippen LogP contribution in [0.25, 0.3) is 0 Å². The topological polar surface area (TPSA) is 72.5 Å². The summed E-state index contributed by atoms with van der Waals surface area (Å²) < 4.78 is 28.2. The minimum atomic E-state index is -3.90. The summed E-state index contributed by atoms with van der Waals surface area (Å²) in [7, 11) is -3.90. The van der Waals surface area contributed by atoms with Crippen LogP contribution in [0, 0.1) is 0 Å². The first kappa shape index (κ1) is 11.0. The molecule has 0 spiro atoms. The Balaban J connectivity index is 2.88. The van der Waals surface area contributed by atoms with Gasteiger partial charge in [-0.2, -0.15) is 8.42 Å². The largest absolute Gasteiger partial charge is 0.409 e. The van der Waals surface area contributed by atoms with Crippen LogP contribution in [0.3, 0.4) is 0 Å². The Bertz CT molecular complexity index is 369. The summed E-state index contributed by atoms with van der Waals surface area (Å²) >= 11 is 0. The lowest BCUT2D eigenvalue weighted by atomic mass is 10.1. The summed E-state index contributed by atoms with van der Waals surface area (Å²) in [6.07, 6.45) is 2.32. The highest BCUT2D eigenvalue weighted by molar-refractivity contribution is 7.85. The highest BCUT2D eigenvalue weighted by Gasteiger charge is 2.28. The molecule has 0 saturated heterocycles. The molecule has 0 radical (unpaired) electrons. The van der Waals surface area contributed by atoms with Crippen LogP contribution in [0.2, 0.25) is 0 Å². The third kappa shape index (κ3) is 2.47. The lowest BCUT2D eigenvalue weighted by Gasteiger charge is -2.18. The van der Waals surface area contributed by atoms with E-state index in [1.165, 1.54) is 6.92 Å². The van der Waals surface area contributed by atoms with Crippen molar-refractivity contribution in [2.75, 3.05) is 0 Å². The number of unbranched alkanes of at least 4 members (excludes halogenated alkanes) is 1. The second kappa shape index (κ2) is 4.00. The molecule has 1 aliphatic heterocycles. The Morgan fingerprint density at radius 1 is 1.43 bits per heavy atom. The third-order valence-corrected chi connectivity index (χ3v) is 2.84. The molecule has 0 aromatic carbocycles. The van der Waals surface area contributed by atoms with Gasteiger partial charge >= 0.3 is 10.3 Å². The van der Waals surface area contributed by atoms with Gasteiger partial charge < -0.3 is 4.18 Å². The highest BCUT2D eigenvalue weighted by atomic mass is 32.2. The molecule has 0 atom stereocenters. The molecule has 1 rings (SSSR count). The van der Waals surface area contributed by atoms with E-state index < -0.39 is 16.2 Å². The Morgan fingerprint density at radius 3 is 2.57 bits per heavy atom. The fourth-order valence-corrected chi connectivity index (χ4v) is 2.04. The van der Waals surface area contributed by atoms with Gasteiger partial charge in [-0.3, -0.25) is 4.79 Å². The van der Waals surface area contributed by atoms with Crippen molar-refractivity contribution in [1.29, 1.82) is 0 Å². The molecule has 0 bridgehead atoms. The van der Waals surface area contributed by atoms with Gasteiger partial charge in [-0.25, -0.2) is 4.72 Å². The van der Waals surface area contributed by atoms with E-state index >= 15 is 0 Å². The van der Waals surface area contributed by atoms with Gasteiger partial charge in [-0.05, 0) is 19.8 Å². The highest BCUT2D eigenvalue weighted by Crippen LogP contribution is 2.19. The van der Waals surface area contributed by atoms with Crippen molar-refractivity contribution >= 4 is 16.2 Å². The molecule has 0 fully saturated rings. The van der Waals surface area contributed by atoms with Gasteiger partial charge in [0.05, 0.1) is 5.57 Å². The van der Waals surface area contributed by atoms with Crippen molar-refractivity contribution in [3.05, 3.63) is 11.3 Å². The van der Waals surface area contributed by atoms with E-state index in [2.05, 4.69) is 4.18 Å². The van der Waals surface area contributed by atoms with Crippen LogP contribution in [0.15, 0.2) is 11.3 Å². The van der Waals surface area contributed by atoms with Gasteiger partial charge in [0.1, 0.15) is 5.76 Å². The summed E-state index contributed by atoms with van der Waals surface area (Å²) in [5, 5.41) is 0. The Kier molecular flexibility index (Phi) is 3.15. The predicted molar refractivity (Wildman–Crippen MR) is 50.4 cm³/mol.